The molecule has 4 heteroatoms. The molecule has 0 bridgehead atoms. The molecule has 4 aromatic rings. The van der Waals surface area contributed by atoms with Gasteiger partial charge in [0.05, 0.1) is 0 Å². The molecular formula is C35H41N2OP. The summed E-state index contributed by atoms with van der Waals surface area (Å²) in [4.78, 5) is 4.71. The summed E-state index contributed by atoms with van der Waals surface area (Å²) in [5.74, 6) is 0.0264. The van der Waals surface area contributed by atoms with Crippen molar-refractivity contribution in [2.75, 3.05) is 36.0 Å². The van der Waals surface area contributed by atoms with Gasteiger partial charge in [-0.15, -0.1) is 0 Å². The van der Waals surface area contributed by atoms with E-state index in [0.29, 0.717) is 0 Å². The molecule has 0 aliphatic carbocycles. The third-order valence-electron chi connectivity index (χ3n) is 8.54. The zero-order valence-corrected chi connectivity index (χ0v) is 25.1. The fourth-order valence-electron chi connectivity index (χ4n) is 6.48. The van der Waals surface area contributed by atoms with E-state index in [4.69, 9.17) is 0 Å². The molecule has 1 aliphatic heterocycles. The van der Waals surface area contributed by atoms with Crippen LogP contribution in [0.5, 0.6) is 0 Å². The summed E-state index contributed by atoms with van der Waals surface area (Å²) in [5.41, 5.74) is 8.47. The first kappa shape index (κ1) is 27.3. The summed E-state index contributed by atoms with van der Waals surface area (Å²) in [6.07, 6.45) is 0. The Kier molecular flexibility index (Phi) is 7.74. The van der Waals surface area contributed by atoms with Crippen LogP contribution < -0.4 is 25.7 Å². The van der Waals surface area contributed by atoms with Crippen LogP contribution in [0.2, 0.25) is 0 Å². The van der Waals surface area contributed by atoms with Gasteiger partial charge in [0.1, 0.15) is 0 Å². The van der Waals surface area contributed by atoms with Gasteiger partial charge < -0.3 is 14.4 Å². The minimum atomic E-state index is -3.16. The Bertz CT molecular complexity index is 1430. The van der Waals surface area contributed by atoms with Gasteiger partial charge in [0.15, 0.2) is 7.14 Å². The van der Waals surface area contributed by atoms with E-state index >= 15 is 4.57 Å². The number of benzene rings is 4. The van der Waals surface area contributed by atoms with E-state index in [0.717, 1.165) is 53.5 Å². The van der Waals surface area contributed by atoms with Crippen LogP contribution in [0.15, 0.2) is 84.9 Å². The normalized spacial score (nSPS) is 17.8. The molecule has 0 saturated carbocycles. The van der Waals surface area contributed by atoms with E-state index in [1.165, 1.54) is 27.8 Å². The van der Waals surface area contributed by atoms with Crippen LogP contribution in [0.3, 0.4) is 0 Å². The van der Waals surface area contributed by atoms with Crippen molar-refractivity contribution in [1.82, 2.24) is 0 Å². The maximum Gasteiger partial charge on any atom is 0.171 e. The lowest BCUT2D eigenvalue weighted by Gasteiger charge is -2.38. The van der Waals surface area contributed by atoms with Crippen molar-refractivity contribution in [1.29, 1.82) is 0 Å². The molecule has 0 atom stereocenters. The number of fused-ring (bicyclic) bond motifs is 2. The smallest absolute Gasteiger partial charge is 0.171 e. The van der Waals surface area contributed by atoms with Crippen LogP contribution in [-0.2, 0) is 4.57 Å². The van der Waals surface area contributed by atoms with Crippen molar-refractivity contribution in [2.24, 2.45) is 0 Å². The summed E-state index contributed by atoms with van der Waals surface area (Å²) in [7, 11) is -3.16. The first-order valence-corrected chi connectivity index (χ1v) is 16.1. The molecule has 1 aliphatic rings. The third-order valence-corrected chi connectivity index (χ3v) is 11.7. The Morgan fingerprint density at radius 1 is 0.615 bits per heavy atom. The van der Waals surface area contributed by atoms with Crippen LogP contribution in [0.1, 0.15) is 61.4 Å². The highest BCUT2D eigenvalue weighted by atomic mass is 31.2. The molecule has 5 rings (SSSR count). The summed E-state index contributed by atoms with van der Waals surface area (Å²) in [6.45, 7) is 16.8. The van der Waals surface area contributed by atoms with E-state index in [2.05, 4.69) is 118 Å². The molecular weight excluding hydrogens is 495 g/mol. The Labute approximate surface area is 234 Å². The van der Waals surface area contributed by atoms with E-state index in [-0.39, 0.29) is 5.92 Å². The molecule has 202 valence electrons. The summed E-state index contributed by atoms with van der Waals surface area (Å²) in [5, 5.41) is 2.87. The van der Waals surface area contributed by atoms with Gasteiger partial charge in [-0.3, -0.25) is 0 Å². The number of rotatable bonds is 8. The topological polar surface area (TPSA) is 23.6 Å². The van der Waals surface area contributed by atoms with Gasteiger partial charge in [-0.25, -0.2) is 0 Å². The van der Waals surface area contributed by atoms with Gasteiger partial charge in [0.2, 0.25) is 0 Å². The number of hydrogen-bond donors (Lipinski definition) is 0. The predicted molar refractivity (Wildman–Crippen MR) is 170 cm³/mol. The Morgan fingerprint density at radius 3 is 1.51 bits per heavy atom. The highest BCUT2D eigenvalue weighted by Gasteiger charge is 2.43. The average Bonchev–Trinajstić information content (AvgIpc) is 2.96. The van der Waals surface area contributed by atoms with Crippen molar-refractivity contribution in [2.45, 2.75) is 47.5 Å². The second kappa shape index (κ2) is 11.1. The lowest BCUT2D eigenvalue weighted by Crippen LogP contribution is -2.38. The van der Waals surface area contributed by atoms with Gasteiger partial charge in [-0.1, -0.05) is 60.7 Å². The van der Waals surface area contributed by atoms with Gasteiger partial charge in [-0.05, 0) is 93.6 Å². The maximum atomic E-state index is 15.9. The summed E-state index contributed by atoms with van der Waals surface area (Å²) in [6, 6.07) is 30.2. The van der Waals surface area contributed by atoms with Gasteiger partial charge in [0.25, 0.3) is 0 Å². The zero-order chi connectivity index (χ0) is 27.7. The van der Waals surface area contributed by atoms with Gasteiger partial charge in [-0.2, -0.15) is 0 Å². The summed E-state index contributed by atoms with van der Waals surface area (Å²) < 4.78 is 15.9. The van der Waals surface area contributed by atoms with Crippen LogP contribution in [0, 0.1) is 13.8 Å². The zero-order valence-electron chi connectivity index (χ0n) is 24.2. The molecule has 0 fully saturated rings. The number of aryl methyl sites for hydroxylation is 2. The number of nitrogens with zero attached hydrogens (tertiary/aromatic N) is 2. The fourth-order valence-corrected chi connectivity index (χ4v) is 9.65. The van der Waals surface area contributed by atoms with Crippen molar-refractivity contribution >= 4 is 34.4 Å². The first-order valence-electron chi connectivity index (χ1n) is 14.4. The summed E-state index contributed by atoms with van der Waals surface area (Å²) >= 11 is 0. The van der Waals surface area contributed by atoms with Crippen molar-refractivity contribution in [3.63, 3.8) is 0 Å². The van der Waals surface area contributed by atoms with E-state index in [1.807, 2.05) is 18.2 Å². The monoisotopic (exact) mass is 536 g/mol. The van der Waals surface area contributed by atoms with Crippen LogP contribution in [0.4, 0.5) is 11.4 Å². The molecule has 3 nitrogen and oxygen atoms in total. The van der Waals surface area contributed by atoms with Crippen molar-refractivity contribution in [3.8, 4) is 0 Å². The Balaban J connectivity index is 1.91. The second-order valence-electron chi connectivity index (χ2n) is 10.5. The Hall–Kier alpha value is -3.29. The standard InChI is InChI=1S/C35H41N2OP/c1-7-36(8-2)27-19-21-30-32(23-27)39(38,29-17-12-11-13-18-29)33-24-28(37(9-3)10-4)20-22-31(33)35(30)34-25(5)15-14-16-26(34)6/h11-24,35H,7-10H2,1-6H3. The van der Waals surface area contributed by atoms with Crippen LogP contribution in [-0.4, -0.2) is 26.2 Å². The highest BCUT2D eigenvalue weighted by molar-refractivity contribution is 7.85. The van der Waals surface area contributed by atoms with Crippen LogP contribution in [0.25, 0.3) is 0 Å². The van der Waals surface area contributed by atoms with Crippen molar-refractivity contribution in [3.05, 3.63) is 113 Å². The van der Waals surface area contributed by atoms with E-state index in [1.54, 1.807) is 0 Å². The quantitative estimate of drug-likeness (QED) is 0.197. The molecule has 0 aromatic heterocycles. The maximum absolute atomic E-state index is 15.9. The molecule has 39 heavy (non-hydrogen) atoms. The molecule has 0 spiro atoms. The highest BCUT2D eigenvalue weighted by Crippen LogP contribution is 2.54. The van der Waals surface area contributed by atoms with Crippen LogP contribution >= 0.6 is 7.14 Å². The Morgan fingerprint density at radius 2 is 1.08 bits per heavy atom. The molecule has 4 aromatic carbocycles. The van der Waals surface area contributed by atoms with E-state index in [9.17, 15) is 0 Å². The number of anilines is 2. The second-order valence-corrected chi connectivity index (χ2v) is 13.2. The van der Waals surface area contributed by atoms with Gasteiger partial charge in [0, 0.05) is 59.4 Å². The van der Waals surface area contributed by atoms with Gasteiger partial charge >= 0.3 is 0 Å². The number of hydrogen-bond acceptors (Lipinski definition) is 3. The lowest BCUT2D eigenvalue weighted by atomic mass is 9.80. The molecule has 1 heterocycles. The molecule has 0 amide bonds. The first-order chi connectivity index (χ1) is 18.9. The minimum absolute atomic E-state index is 0.0264. The minimum Gasteiger partial charge on any atom is -0.372 e. The molecule has 0 saturated heterocycles. The molecule has 0 N–H and O–H groups in total. The predicted octanol–water partition coefficient (Wildman–Crippen LogP) is 7.13. The largest absolute Gasteiger partial charge is 0.372 e. The lowest BCUT2D eigenvalue weighted by molar-refractivity contribution is 0.591. The third kappa shape index (κ3) is 4.51. The fraction of sp³-hybridized carbons (Fsp3) is 0.314. The molecule has 0 unspecified atom stereocenters. The molecule has 0 radical (unpaired) electrons. The average molecular weight is 537 g/mol. The van der Waals surface area contributed by atoms with Crippen molar-refractivity contribution < 1.29 is 4.57 Å². The SMILES string of the molecule is CCN(CC)c1ccc2c(c1)P(=O)(c1ccccc1)c1cc(N(CC)CC)ccc1C2c1c(C)cccc1C. The van der Waals surface area contributed by atoms with E-state index < -0.39 is 7.14 Å².